The molecule has 0 amide bonds. The summed E-state index contributed by atoms with van der Waals surface area (Å²) in [5, 5.41) is 46.0. The fraction of sp³-hybridized carbons (Fsp3) is 1.00. The summed E-state index contributed by atoms with van der Waals surface area (Å²) in [6.07, 6.45) is -11.6. The van der Waals surface area contributed by atoms with Crippen LogP contribution in [-0.4, -0.2) is 75.1 Å². The lowest BCUT2D eigenvalue weighted by atomic mass is 9.85. The molecule has 0 spiro atoms. The highest BCUT2D eigenvalue weighted by Gasteiger charge is 2.50. The van der Waals surface area contributed by atoms with Gasteiger partial charge in [-0.3, -0.25) is 4.55 Å². The average Bonchev–Trinajstić information content (AvgIpc) is 2.17. The van der Waals surface area contributed by atoms with Crippen LogP contribution in [0.25, 0.3) is 0 Å². The van der Waals surface area contributed by atoms with Crippen LogP contribution < -0.4 is 0 Å². The third-order valence-electron chi connectivity index (χ3n) is 2.31. The second-order valence-electron chi connectivity index (χ2n) is 3.44. The quantitative estimate of drug-likeness (QED) is 0.271. The SMILES string of the molecule is O=S(=O)(O)OC1[C@@H](O)[C@H](O)C(O)[C@@H](O)[C@@H]1O. The minimum absolute atomic E-state index is 1.86. The van der Waals surface area contributed by atoms with E-state index in [0.717, 1.165) is 0 Å². The van der Waals surface area contributed by atoms with E-state index < -0.39 is 47.0 Å². The van der Waals surface area contributed by atoms with Gasteiger partial charge in [0.1, 0.15) is 36.6 Å². The van der Waals surface area contributed by atoms with E-state index in [2.05, 4.69) is 4.18 Å². The Morgan fingerprint density at radius 2 is 1.06 bits per heavy atom. The summed E-state index contributed by atoms with van der Waals surface area (Å²) in [7, 11) is -4.98. The van der Waals surface area contributed by atoms with Crippen molar-refractivity contribution >= 4 is 10.4 Å². The summed E-state index contributed by atoms with van der Waals surface area (Å²) in [6.45, 7) is 0. The van der Waals surface area contributed by atoms with Crippen molar-refractivity contribution in [2.45, 2.75) is 36.6 Å². The lowest BCUT2D eigenvalue weighted by Gasteiger charge is -2.40. The largest absolute Gasteiger partial charge is 0.397 e. The summed E-state index contributed by atoms with van der Waals surface area (Å²) >= 11 is 0. The molecule has 6 N–H and O–H groups in total. The Bertz CT molecular complexity index is 324. The molecule has 0 aromatic heterocycles. The Kier molecular flexibility index (Phi) is 3.87. The van der Waals surface area contributed by atoms with Gasteiger partial charge in [0, 0.05) is 0 Å². The topological polar surface area (TPSA) is 165 Å². The zero-order valence-electron chi connectivity index (χ0n) is 7.78. The predicted octanol–water partition coefficient (Wildman–Crippen LogP) is -4.01. The van der Waals surface area contributed by atoms with Gasteiger partial charge in [-0.1, -0.05) is 0 Å². The van der Waals surface area contributed by atoms with Crippen LogP contribution in [-0.2, 0) is 14.6 Å². The normalized spacial score (nSPS) is 45.6. The molecule has 0 aromatic carbocycles. The number of rotatable bonds is 2. The monoisotopic (exact) mass is 260 g/mol. The lowest BCUT2D eigenvalue weighted by Crippen LogP contribution is -2.64. The maximum absolute atomic E-state index is 10.4. The van der Waals surface area contributed by atoms with Gasteiger partial charge >= 0.3 is 10.4 Å². The molecule has 0 saturated heterocycles. The highest BCUT2D eigenvalue weighted by Crippen LogP contribution is 2.24. The smallest absolute Gasteiger partial charge is 0.387 e. The molecule has 0 aromatic rings. The van der Waals surface area contributed by atoms with Gasteiger partial charge in [-0.2, -0.15) is 8.42 Å². The fourth-order valence-corrected chi connectivity index (χ4v) is 1.96. The molecule has 0 unspecified atom stereocenters. The summed E-state index contributed by atoms with van der Waals surface area (Å²) in [5.74, 6) is 0. The molecule has 0 aliphatic heterocycles. The van der Waals surface area contributed by atoms with Crippen molar-refractivity contribution in [3.63, 3.8) is 0 Å². The van der Waals surface area contributed by atoms with Gasteiger partial charge in [0.25, 0.3) is 0 Å². The van der Waals surface area contributed by atoms with Crippen molar-refractivity contribution in [2.24, 2.45) is 0 Å². The molecular weight excluding hydrogens is 248 g/mol. The molecule has 9 nitrogen and oxygen atoms in total. The molecule has 4 atom stereocenters. The Labute approximate surface area is 90.5 Å². The first-order chi connectivity index (χ1) is 7.15. The molecule has 10 heteroatoms. The highest BCUT2D eigenvalue weighted by atomic mass is 32.3. The van der Waals surface area contributed by atoms with Crippen molar-refractivity contribution in [3.05, 3.63) is 0 Å². The van der Waals surface area contributed by atoms with E-state index in [1.807, 2.05) is 0 Å². The summed E-state index contributed by atoms with van der Waals surface area (Å²) in [5.41, 5.74) is 0. The first-order valence-electron chi connectivity index (χ1n) is 4.21. The first kappa shape index (κ1) is 13.7. The highest BCUT2D eigenvalue weighted by molar-refractivity contribution is 7.80. The zero-order chi connectivity index (χ0) is 12.7. The first-order valence-corrected chi connectivity index (χ1v) is 5.57. The minimum atomic E-state index is -4.98. The second-order valence-corrected chi connectivity index (χ2v) is 4.49. The molecule has 1 aliphatic carbocycles. The Morgan fingerprint density at radius 3 is 1.38 bits per heavy atom. The van der Waals surface area contributed by atoms with Crippen LogP contribution in [0.2, 0.25) is 0 Å². The van der Waals surface area contributed by atoms with Crippen LogP contribution in [0.15, 0.2) is 0 Å². The average molecular weight is 260 g/mol. The number of hydrogen-bond donors (Lipinski definition) is 6. The van der Waals surface area contributed by atoms with Crippen LogP contribution in [0.5, 0.6) is 0 Å². The van der Waals surface area contributed by atoms with E-state index in [1.54, 1.807) is 0 Å². The molecule has 1 aliphatic rings. The zero-order valence-corrected chi connectivity index (χ0v) is 8.60. The Morgan fingerprint density at radius 1 is 0.750 bits per heavy atom. The van der Waals surface area contributed by atoms with Crippen molar-refractivity contribution in [1.29, 1.82) is 0 Å². The summed E-state index contributed by atoms with van der Waals surface area (Å²) < 4.78 is 33.0. The van der Waals surface area contributed by atoms with Gasteiger partial charge in [-0.25, -0.2) is 4.18 Å². The third-order valence-corrected chi connectivity index (χ3v) is 2.77. The van der Waals surface area contributed by atoms with Crippen molar-refractivity contribution < 1.29 is 42.7 Å². The third kappa shape index (κ3) is 2.67. The number of aliphatic hydroxyl groups excluding tert-OH is 5. The Hall–Kier alpha value is -0.330. The van der Waals surface area contributed by atoms with Crippen molar-refractivity contribution in [1.82, 2.24) is 0 Å². The van der Waals surface area contributed by atoms with Gasteiger partial charge in [0.05, 0.1) is 0 Å². The van der Waals surface area contributed by atoms with E-state index in [1.165, 1.54) is 0 Å². The van der Waals surface area contributed by atoms with Gasteiger partial charge in [0.15, 0.2) is 0 Å². The molecular formula is C6H12O9S. The molecule has 1 rings (SSSR count). The molecule has 16 heavy (non-hydrogen) atoms. The van der Waals surface area contributed by atoms with E-state index in [-0.39, 0.29) is 0 Å². The van der Waals surface area contributed by atoms with Crippen molar-refractivity contribution in [2.75, 3.05) is 0 Å². The maximum Gasteiger partial charge on any atom is 0.397 e. The summed E-state index contributed by atoms with van der Waals surface area (Å²) in [6, 6.07) is 0. The Balaban J connectivity index is 2.91. The fourth-order valence-electron chi connectivity index (χ4n) is 1.45. The predicted molar refractivity (Wildman–Crippen MR) is 46.5 cm³/mol. The number of aliphatic hydroxyl groups is 5. The van der Waals surface area contributed by atoms with E-state index >= 15 is 0 Å². The van der Waals surface area contributed by atoms with Crippen molar-refractivity contribution in [3.8, 4) is 0 Å². The molecule has 0 radical (unpaired) electrons. The van der Waals surface area contributed by atoms with Crippen LogP contribution in [0.3, 0.4) is 0 Å². The maximum atomic E-state index is 10.4. The molecule has 0 heterocycles. The van der Waals surface area contributed by atoms with Crippen LogP contribution in [0.1, 0.15) is 0 Å². The minimum Gasteiger partial charge on any atom is -0.387 e. The van der Waals surface area contributed by atoms with Gasteiger partial charge < -0.3 is 25.5 Å². The van der Waals surface area contributed by atoms with E-state index in [0.29, 0.717) is 0 Å². The molecule has 1 fully saturated rings. The van der Waals surface area contributed by atoms with Crippen LogP contribution in [0.4, 0.5) is 0 Å². The van der Waals surface area contributed by atoms with E-state index in [4.69, 9.17) is 9.66 Å². The van der Waals surface area contributed by atoms with Gasteiger partial charge in [-0.05, 0) is 0 Å². The van der Waals surface area contributed by atoms with Crippen LogP contribution in [0, 0.1) is 0 Å². The number of hydrogen-bond acceptors (Lipinski definition) is 8. The van der Waals surface area contributed by atoms with Gasteiger partial charge in [-0.15, -0.1) is 0 Å². The standard InChI is InChI=1S/C6H12O9S/c7-1-2(8)4(10)6(5(11)3(1)9)15-16(12,13)14/h1-11H,(H,12,13,14)/t1?,2-,3-,4+,5+,6?/m1/s1. The van der Waals surface area contributed by atoms with Crippen LogP contribution >= 0.6 is 0 Å². The van der Waals surface area contributed by atoms with E-state index in [9.17, 15) is 28.8 Å². The van der Waals surface area contributed by atoms with Gasteiger partial charge in [0.2, 0.25) is 0 Å². The molecule has 96 valence electrons. The molecule has 1 saturated carbocycles. The summed E-state index contributed by atoms with van der Waals surface area (Å²) in [4.78, 5) is 0. The molecule has 0 bridgehead atoms. The second kappa shape index (κ2) is 4.50. The lowest BCUT2D eigenvalue weighted by molar-refractivity contribution is -0.217.